The van der Waals surface area contributed by atoms with Crippen LogP contribution in [0.1, 0.15) is 39.6 Å². The van der Waals surface area contributed by atoms with Crippen LogP contribution in [0.2, 0.25) is 0 Å². The fourth-order valence-electron chi connectivity index (χ4n) is 6.56. The molecule has 4 aromatic rings. The van der Waals surface area contributed by atoms with Crippen LogP contribution in [0.3, 0.4) is 0 Å². The first kappa shape index (κ1) is 26.4. The van der Waals surface area contributed by atoms with Crippen molar-refractivity contribution >= 4 is 34.4 Å². The van der Waals surface area contributed by atoms with Gasteiger partial charge in [0.1, 0.15) is 12.1 Å². The molecule has 1 aromatic heterocycles. The van der Waals surface area contributed by atoms with Crippen LogP contribution in [0, 0.1) is 0 Å². The average Bonchev–Trinajstić information content (AvgIpc) is 3.53. The number of benzene rings is 3. The maximum atomic E-state index is 14.2. The topological polar surface area (TPSA) is 98.0 Å². The van der Waals surface area contributed by atoms with E-state index in [1.807, 2.05) is 48.5 Å². The predicted molar refractivity (Wildman–Crippen MR) is 159 cm³/mol. The number of nitrogens with zero attached hydrogens (tertiary/aromatic N) is 3. The summed E-state index contributed by atoms with van der Waals surface area (Å²) in [6.45, 7) is 4.65. The Bertz CT molecular complexity index is 1640. The Morgan fingerprint density at radius 1 is 0.929 bits per heavy atom. The van der Waals surface area contributed by atoms with E-state index in [0.29, 0.717) is 24.2 Å². The van der Waals surface area contributed by atoms with Crippen molar-refractivity contribution in [2.24, 2.45) is 0 Å². The molecular formula is C33H33N5O4. The Labute approximate surface area is 244 Å². The lowest BCUT2D eigenvalue weighted by Gasteiger charge is -2.36. The second kappa shape index (κ2) is 11.1. The van der Waals surface area contributed by atoms with Crippen LogP contribution in [0.15, 0.2) is 78.9 Å². The number of para-hydroxylation sites is 2. The summed E-state index contributed by atoms with van der Waals surface area (Å²) in [7, 11) is 0. The van der Waals surface area contributed by atoms with E-state index in [4.69, 9.17) is 4.74 Å². The fraction of sp³-hybridized carbons (Fsp3) is 0.303. The van der Waals surface area contributed by atoms with Crippen molar-refractivity contribution in [1.82, 2.24) is 20.1 Å². The molecule has 3 aliphatic rings. The number of urea groups is 1. The number of H-pyrrole nitrogens is 1. The molecule has 0 radical (unpaired) electrons. The Balaban J connectivity index is 1.18. The second-order valence-corrected chi connectivity index (χ2v) is 11.0. The molecule has 0 bridgehead atoms. The molecule has 214 valence electrons. The first-order valence-corrected chi connectivity index (χ1v) is 14.6. The van der Waals surface area contributed by atoms with E-state index in [0.717, 1.165) is 67.0 Å². The Morgan fingerprint density at radius 2 is 1.67 bits per heavy atom. The van der Waals surface area contributed by atoms with Gasteiger partial charge < -0.3 is 15.0 Å². The standard InChI is InChI=1S/C33H33N5O4/c39-31(34-15-8-16-36-17-19-42-20-18-36)24-12-5-7-14-27(24)38-32(40)28-21-25-23-11-4-6-13-26(23)35-29(25)30(37(28)33(38)41)22-9-2-1-3-10-22/h1-7,9-14,28,30,35H,8,15-21H2,(H,34,39)/t28-,30-/m0/s1. The number of fused-ring (bicyclic) bond motifs is 4. The molecule has 9 heteroatoms. The Morgan fingerprint density at radius 3 is 2.50 bits per heavy atom. The summed E-state index contributed by atoms with van der Waals surface area (Å²) in [6, 6.07) is 23.2. The Hall–Kier alpha value is -4.47. The first-order chi connectivity index (χ1) is 20.6. The zero-order chi connectivity index (χ0) is 28.6. The molecule has 0 unspecified atom stereocenters. The SMILES string of the molecule is O=C(NCCCN1CCOCC1)c1ccccc1N1C(=O)[C@@H]2Cc3c([nH]c4ccccc34)[C@H](c3ccccc3)N2C1=O. The van der Waals surface area contributed by atoms with Gasteiger partial charge in [-0.2, -0.15) is 0 Å². The summed E-state index contributed by atoms with van der Waals surface area (Å²) in [4.78, 5) is 50.5. The van der Waals surface area contributed by atoms with Crippen molar-refractivity contribution in [2.75, 3.05) is 44.3 Å². The van der Waals surface area contributed by atoms with Crippen LogP contribution >= 0.6 is 0 Å². The van der Waals surface area contributed by atoms with Gasteiger partial charge in [-0.3, -0.25) is 19.4 Å². The summed E-state index contributed by atoms with van der Waals surface area (Å²) < 4.78 is 5.40. The van der Waals surface area contributed by atoms with Crippen LogP contribution in [0.4, 0.5) is 10.5 Å². The van der Waals surface area contributed by atoms with Crippen molar-refractivity contribution in [3.63, 3.8) is 0 Å². The summed E-state index contributed by atoms with van der Waals surface area (Å²) in [5, 5.41) is 4.05. The highest BCUT2D eigenvalue weighted by Gasteiger charge is 2.53. The van der Waals surface area contributed by atoms with Crippen LogP contribution < -0.4 is 10.2 Å². The van der Waals surface area contributed by atoms with Crippen molar-refractivity contribution in [1.29, 1.82) is 0 Å². The van der Waals surface area contributed by atoms with Gasteiger partial charge in [0.15, 0.2) is 0 Å². The van der Waals surface area contributed by atoms with Gasteiger partial charge in [-0.1, -0.05) is 60.7 Å². The number of aromatic nitrogens is 1. The second-order valence-electron chi connectivity index (χ2n) is 11.0. The highest BCUT2D eigenvalue weighted by molar-refractivity contribution is 6.24. The number of aromatic amines is 1. The molecule has 0 spiro atoms. The summed E-state index contributed by atoms with van der Waals surface area (Å²) in [5.41, 5.74) is 4.50. The van der Waals surface area contributed by atoms with Gasteiger partial charge in [-0.05, 0) is 42.3 Å². The van der Waals surface area contributed by atoms with Crippen molar-refractivity contribution in [2.45, 2.75) is 24.9 Å². The van der Waals surface area contributed by atoms with Crippen LogP contribution in [0.25, 0.3) is 10.9 Å². The maximum Gasteiger partial charge on any atom is 0.332 e. The number of hydrogen-bond acceptors (Lipinski definition) is 5. The molecule has 4 amide bonds. The third-order valence-corrected chi connectivity index (χ3v) is 8.59. The largest absolute Gasteiger partial charge is 0.379 e. The quantitative estimate of drug-likeness (QED) is 0.261. The molecule has 0 aliphatic carbocycles. The number of anilines is 1. The number of imide groups is 1. The van der Waals surface area contributed by atoms with E-state index in [1.165, 1.54) is 4.90 Å². The minimum Gasteiger partial charge on any atom is -0.379 e. The number of carbonyl (C=O) groups is 3. The van der Waals surface area contributed by atoms with Crippen molar-refractivity contribution < 1.29 is 19.1 Å². The molecule has 42 heavy (non-hydrogen) atoms. The van der Waals surface area contributed by atoms with Gasteiger partial charge in [0.05, 0.1) is 24.5 Å². The van der Waals surface area contributed by atoms with E-state index in [2.05, 4.69) is 21.3 Å². The molecule has 0 saturated carbocycles. The van der Waals surface area contributed by atoms with E-state index >= 15 is 0 Å². The third kappa shape index (κ3) is 4.55. The lowest BCUT2D eigenvalue weighted by molar-refractivity contribution is -0.120. The number of amides is 4. The minimum atomic E-state index is -0.681. The number of hydrogen-bond donors (Lipinski definition) is 2. The van der Waals surface area contributed by atoms with E-state index in [9.17, 15) is 14.4 Å². The summed E-state index contributed by atoms with van der Waals surface area (Å²) in [5.74, 6) is -0.613. The van der Waals surface area contributed by atoms with Crippen molar-refractivity contribution in [3.05, 3.63) is 101 Å². The predicted octanol–water partition coefficient (Wildman–Crippen LogP) is 4.10. The molecular weight excluding hydrogens is 530 g/mol. The molecule has 3 aliphatic heterocycles. The average molecular weight is 564 g/mol. The molecule has 7 rings (SSSR count). The van der Waals surface area contributed by atoms with Crippen LogP contribution in [-0.2, 0) is 16.0 Å². The van der Waals surface area contributed by atoms with Gasteiger partial charge in [-0.25, -0.2) is 9.69 Å². The lowest BCUT2D eigenvalue weighted by atomic mass is 9.89. The first-order valence-electron chi connectivity index (χ1n) is 14.6. The highest BCUT2D eigenvalue weighted by atomic mass is 16.5. The fourth-order valence-corrected chi connectivity index (χ4v) is 6.56. The van der Waals surface area contributed by atoms with Gasteiger partial charge >= 0.3 is 6.03 Å². The summed E-state index contributed by atoms with van der Waals surface area (Å²) in [6.07, 6.45) is 1.20. The maximum absolute atomic E-state index is 14.2. The van der Waals surface area contributed by atoms with Gasteiger partial charge in [-0.15, -0.1) is 0 Å². The van der Waals surface area contributed by atoms with E-state index < -0.39 is 18.1 Å². The molecule has 2 N–H and O–H groups in total. The lowest BCUT2D eigenvalue weighted by Crippen LogP contribution is -2.44. The van der Waals surface area contributed by atoms with Gasteiger partial charge in [0.25, 0.3) is 11.8 Å². The number of ether oxygens (including phenoxy) is 1. The number of rotatable bonds is 7. The smallest absolute Gasteiger partial charge is 0.332 e. The molecule has 3 aromatic carbocycles. The minimum absolute atomic E-state index is 0.297. The zero-order valence-corrected chi connectivity index (χ0v) is 23.3. The molecule has 4 heterocycles. The zero-order valence-electron chi connectivity index (χ0n) is 23.3. The van der Waals surface area contributed by atoms with Gasteiger partial charge in [0, 0.05) is 42.7 Å². The summed E-state index contributed by atoms with van der Waals surface area (Å²) >= 11 is 0. The van der Waals surface area contributed by atoms with E-state index in [-0.39, 0.29) is 11.8 Å². The molecule has 2 saturated heterocycles. The normalized spacial score (nSPS) is 20.6. The number of nitrogens with one attached hydrogen (secondary N) is 2. The van der Waals surface area contributed by atoms with Crippen LogP contribution in [0.5, 0.6) is 0 Å². The Kier molecular flexibility index (Phi) is 6.97. The number of morpholine rings is 1. The van der Waals surface area contributed by atoms with E-state index in [1.54, 1.807) is 29.2 Å². The van der Waals surface area contributed by atoms with Crippen molar-refractivity contribution in [3.8, 4) is 0 Å². The third-order valence-electron chi connectivity index (χ3n) is 8.59. The number of carbonyl (C=O) groups excluding carboxylic acids is 3. The molecule has 2 atom stereocenters. The molecule has 9 nitrogen and oxygen atoms in total. The highest BCUT2D eigenvalue weighted by Crippen LogP contribution is 2.45. The monoisotopic (exact) mass is 563 g/mol. The van der Waals surface area contributed by atoms with Gasteiger partial charge in [0.2, 0.25) is 0 Å². The molecule has 2 fully saturated rings. The van der Waals surface area contributed by atoms with Crippen LogP contribution in [-0.4, -0.2) is 78.1 Å².